The Kier molecular flexibility index (Phi) is 1.90. The molecule has 1 atom stereocenters. The molecular weight excluding hydrogens is 166 g/mol. The summed E-state index contributed by atoms with van der Waals surface area (Å²) in [5, 5.41) is 3.20. The number of hydrogen-bond acceptors (Lipinski definition) is 3. The van der Waals surface area contributed by atoms with Gasteiger partial charge >= 0.3 is 0 Å². The van der Waals surface area contributed by atoms with E-state index in [0.717, 1.165) is 13.0 Å². The molecule has 1 unspecified atom stereocenters. The molecule has 1 N–H and O–H groups in total. The molecule has 2 rings (SSSR count). The zero-order valence-electron chi connectivity index (χ0n) is 8.08. The highest BCUT2D eigenvalue weighted by atomic mass is 16.2. The average Bonchev–Trinajstić information content (AvgIpc) is 2.40. The molecule has 0 aromatic carbocycles. The summed E-state index contributed by atoms with van der Waals surface area (Å²) in [5.74, 6) is 0.225. The van der Waals surface area contributed by atoms with Gasteiger partial charge in [-0.3, -0.25) is 4.79 Å². The third-order valence-electron chi connectivity index (χ3n) is 2.74. The summed E-state index contributed by atoms with van der Waals surface area (Å²) in [5.41, 5.74) is 1.21. The molecule has 0 bridgehead atoms. The van der Waals surface area contributed by atoms with Crippen molar-refractivity contribution in [2.75, 3.05) is 13.6 Å². The number of nitrogens with zero attached hydrogens (tertiary/aromatic N) is 2. The lowest BCUT2D eigenvalue weighted by atomic mass is 10.3. The van der Waals surface area contributed by atoms with Crippen molar-refractivity contribution in [3.63, 3.8) is 0 Å². The van der Waals surface area contributed by atoms with Gasteiger partial charge in [-0.15, -0.1) is 0 Å². The molecule has 2 aliphatic rings. The van der Waals surface area contributed by atoms with Gasteiger partial charge < -0.3 is 15.1 Å². The fourth-order valence-electron chi connectivity index (χ4n) is 1.89. The molecule has 1 amide bonds. The van der Waals surface area contributed by atoms with Crippen LogP contribution in [0.25, 0.3) is 0 Å². The number of rotatable bonds is 0. The van der Waals surface area contributed by atoms with Crippen LogP contribution in [0.3, 0.4) is 0 Å². The van der Waals surface area contributed by atoms with E-state index in [4.69, 9.17) is 0 Å². The Morgan fingerprint density at radius 2 is 2.38 bits per heavy atom. The molecule has 0 saturated carbocycles. The third kappa shape index (κ3) is 1.26. The van der Waals surface area contributed by atoms with E-state index >= 15 is 0 Å². The Bertz CT molecular complexity index is 262. The SMILES string of the molecule is CC1=CNC2N(C)C(=O)CCCN12. The van der Waals surface area contributed by atoms with E-state index in [9.17, 15) is 4.79 Å². The number of carbonyl (C=O) groups is 1. The first-order chi connectivity index (χ1) is 6.20. The third-order valence-corrected chi connectivity index (χ3v) is 2.74. The van der Waals surface area contributed by atoms with E-state index < -0.39 is 0 Å². The molecule has 0 spiro atoms. The number of carbonyl (C=O) groups excluding carboxylic acids is 1. The Balaban J connectivity index is 2.20. The summed E-state index contributed by atoms with van der Waals surface area (Å²) in [4.78, 5) is 15.5. The van der Waals surface area contributed by atoms with Crippen molar-refractivity contribution in [2.45, 2.75) is 26.1 Å². The van der Waals surface area contributed by atoms with Crippen LogP contribution >= 0.6 is 0 Å². The Labute approximate surface area is 78.2 Å². The topological polar surface area (TPSA) is 35.6 Å². The van der Waals surface area contributed by atoms with Crippen LogP contribution in [0.2, 0.25) is 0 Å². The highest BCUT2D eigenvalue weighted by Gasteiger charge is 2.31. The molecule has 72 valence electrons. The minimum Gasteiger partial charge on any atom is -0.353 e. The van der Waals surface area contributed by atoms with Crippen molar-refractivity contribution in [3.8, 4) is 0 Å². The highest BCUT2D eigenvalue weighted by molar-refractivity contribution is 5.76. The second kappa shape index (κ2) is 2.94. The van der Waals surface area contributed by atoms with Crippen molar-refractivity contribution >= 4 is 5.91 Å². The Morgan fingerprint density at radius 3 is 3.15 bits per heavy atom. The number of nitrogens with one attached hydrogen (secondary N) is 1. The maximum absolute atomic E-state index is 11.5. The predicted molar refractivity (Wildman–Crippen MR) is 49.4 cm³/mol. The number of allylic oxidation sites excluding steroid dienone is 1. The van der Waals surface area contributed by atoms with Crippen molar-refractivity contribution in [2.24, 2.45) is 0 Å². The first kappa shape index (κ1) is 8.41. The largest absolute Gasteiger partial charge is 0.353 e. The zero-order valence-corrected chi connectivity index (χ0v) is 8.08. The molecule has 1 fully saturated rings. The summed E-state index contributed by atoms with van der Waals surface area (Å²) in [7, 11) is 1.85. The van der Waals surface area contributed by atoms with Crippen LogP contribution in [0.1, 0.15) is 19.8 Å². The lowest BCUT2D eigenvalue weighted by Gasteiger charge is -2.31. The van der Waals surface area contributed by atoms with Gasteiger partial charge in [0.15, 0.2) is 6.29 Å². The van der Waals surface area contributed by atoms with E-state index in [1.807, 2.05) is 13.2 Å². The number of hydrogen-bond donors (Lipinski definition) is 1. The summed E-state index contributed by atoms with van der Waals surface area (Å²) >= 11 is 0. The van der Waals surface area contributed by atoms with Crippen LogP contribution in [0.4, 0.5) is 0 Å². The summed E-state index contributed by atoms with van der Waals surface area (Å²) in [6.07, 6.45) is 3.64. The molecule has 1 saturated heterocycles. The quantitative estimate of drug-likeness (QED) is 0.583. The van der Waals surface area contributed by atoms with Gasteiger partial charge in [0, 0.05) is 31.9 Å². The minimum atomic E-state index is 0.0509. The summed E-state index contributed by atoms with van der Waals surface area (Å²) < 4.78 is 0. The van der Waals surface area contributed by atoms with Crippen molar-refractivity contribution in [1.29, 1.82) is 0 Å². The second-order valence-corrected chi connectivity index (χ2v) is 3.63. The number of amides is 1. The molecule has 4 nitrogen and oxygen atoms in total. The van der Waals surface area contributed by atoms with E-state index in [1.165, 1.54) is 5.70 Å². The van der Waals surface area contributed by atoms with Crippen LogP contribution in [-0.2, 0) is 4.79 Å². The van der Waals surface area contributed by atoms with Gasteiger partial charge in [0.25, 0.3) is 0 Å². The van der Waals surface area contributed by atoms with Crippen LogP contribution in [0, 0.1) is 0 Å². The molecule has 13 heavy (non-hydrogen) atoms. The van der Waals surface area contributed by atoms with Crippen molar-refractivity contribution in [1.82, 2.24) is 15.1 Å². The normalized spacial score (nSPS) is 28.0. The van der Waals surface area contributed by atoms with Crippen LogP contribution in [-0.4, -0.2) is 35.6 Å². The smallest absolute Gasteiger partial charge is 0.225 e. The standard InChI is InChI=1S/C9H15N3O/c1-7-6-10-9-11(2)8(13)4-3-5-12(7)9/h6,9-10H,3-5H2,1-2H3. The van der Waals surface area contributed by atoms with Gasteiger partial charge in [-0.05, 0) is 13.3 Å². The predicted octanol–water partition coefficient (Wildman–Crippen LogP) is 0.289. The first-order valence-electron chi connectivity index (χ1n) is 4.65. The molecule has 4 heteroatoms. The number of fused-ring (bicyclic) bond motifs is 1. The Hall–Kier alpha value is -1.19. The van der Waals surface area contributed by atoms with Gasteiger partial charge in [0.2, 0.25) is 5.91 Å². The fraction of sp³-hybridized carbons (Fsp3) is 0.667. The van der Waals surface area contributed by atoms with E-state index in [0.29, 0.717) is 6.42 Å². The Morgan fingerprint density at radius 1 is 1.62 bits per heavy atom. The molecule has 2 aliphatic heterocycles. The zero-order chi connectivity index (χ0) is 9.42. The highest BCUT2D eigenvalue weighted by Crippen LogP contribution is 2.20. The lowest BCUT2D eigenvalue weighted by Crippen LogP contribution is -2.49. The molecular formula is C9H15N3O. The van der Waals surface area contributed by atoms with Gasteiger partial charge in [0.05, 0.1) is 0 Å². The fourth-order valence-corrected chi connectivity index (χ4v) is 1.89. The van der Waals surface area contributed by atoms with E-state index in [2.05, 4.69) is 17.1 Å². The molecule has 0 aromatic heterocycles. The summed E-state index contributed by atoms with van der Waals surface area (Å²) in [6.45, 7) is 3.03. The van der Waals surface area contributed by atoms with Gasteiger partial charge in [-0.25, -0.2) is 0 Å². The van der Waals surface area contributed by atoms with Crippen LogP contribution in [0.5, 0.6) is 0 Å². The van der Waals surface area contributed by atoms with Gasteiger partial charge in [-0.2, -0.15) is 0 Å². The van der Waals surface area contributed by atoms with E-state index in [-0.39, 0.29) is 12.2 Å². The van der Waals surface area contributed by atoms with Crippen LogP contribution in [0.15, 0.2) is 11.9 Å². The van der Waals surface area contributed by atoms with Crippen molar-refractivity contribution < 1.29 is 4.79 Å². The summed E-state index contributed by atoms with van der Waals surface area (Å²) in [6, 6.07) is 0. The van der Waals surface area contributed by atoms with Crippen molar-refractivity contribution in [3.05, 3.63) is 11.9 Å². The maximum Gasteiger partial charge on any atom is 0.225 e. The molecule has 0 aromatic rings. The van der Waals surface area contributed by atoms with Gasteiger partial charge in [0.1, 0.15) is 0 Å². The lowest BCUT2D eigenvalue weighted by molar-refractivity contribution is -0.133. The average molecular weight is 181 g/mol. The maximum atomic E-state index is 11.5. The first-order valence-corrected chi connectivity index (χ1v) is 4.65. The molecule has 0 radical (unpaired) electrons. The minimum absolute atomic E-state index is 0.0509. The molecule has 0 aliphatic carbocycles. The van der Waals surface area contributed by atoms with E-state index in [1.54, 1.807) is 4.90 Å². The van der Waals surface area contributed by atoms with Gasteiger partial charge in [-0.1, -0.05) is 0 Å². The van der Waals surface area contributed by atoms with Crippen LogP contribution < -0.4 is 5.32 Å². The molecule has 2 heterocycles. The monoisotopic (exact) mass is 181 g/mol. The second-order valence-electron chi connectivity index (χ2n) is 3.63.